The Hall–Kier alpha value is -1.03. The van der Waals surface area contributed by atoms with Crippen molar-refractivity contribution in [3.05, 3.63) is 11.8 Å². The Bertz CT molecular complexity index is 393. The maximum Gasteiger partial charge on any atom is 0.270 e. The molecule has 5 heteroatoms. The zero-order valence-corrected chi connectivity index (χ0v) is 13.1. The Kier molecular flexibility index (Phi) is 5.41. The molecule has 0 aromatic carbocycles. The van der Waals surface area contributed by atoms with Gasteiger partial charge in [0.25, 0.3) is 5.91 Å². The Morgan fingerprint density at radius 3 is 2.32 bits per heavy atom. The Balaban J connectivity index is 2.99. The SMILES string of the molecule is CC(C)/C=C1\C(=O)N(C)[C@@H](C[C@H](C)CCl)C(=O)N1C. The molecule has 2 amide bonds. The van der Waals surface area contributed by atoms with Crippen molar-refractivity contribution in [2.75, 3.05) is 20.0 Å². The standard InChI is InChI=1S/C14H23ClN2O2/c1-9(2)6-11-13(18)17(5)12(7-10(3)8-15)14(19)16(11)4/h6,9-10,12H,7-8H2,1-5H3/b11-6+/t10-,12-/m0/s1. The van der Waals surface area contributed by atoms with Crippen molar-refractivity contribution in [1.82, 2.24) is 9.80 Å². The van der Waals surface area contributed by atoms with Crippen molar-refractivity contribution in [3.8, 4) is 0 Å². The summed E-state index contributed by atoms with van der Waals surface area (Å²) in [5.74, 6) is 0.786. The number of piperazine rings is 1. The van der Waals surface area contributed by atoms with Crippen molar-refractivity contribution in [2.24, 2.45) is 11.8 Å². The zero-order valence-electron chi connectivity index (χ0n) is 12.3. The molecule has 2 atom stereocenters. The van der Waals surface area contributed by atoms with Crippen molar-refractivity contribution in [2.45, 2.75) is 33.2 Å². The molecule has 0 aromatic rings. The van der Waals surface area contributed by atoms with Gasteiger partial charge in [-0.05, 0) is 18.3 Å². The molecule has 0 bridgehead atoms. The van der Waals surface area contributed by atoms with Crippen LogP contribution in [0.3, 0.4) is 0 Å². The van der Waals surface area contributed by atoms with E-state index in [4.69, 9.17) is 11.6 Å². The van der Waals surface area contributed by atoms with Crippen LogP contribution in [0.2, 0.25) is 0 Å². The molecule has 0 aliphatic carbocycles. The van der Waals surface area contributed by atoms with Crippen molar-refractivity contribution >= 4 is 23.4 Å². The van der Waals surface area contributed by atoms with E-state index in [1.807, 2.05) is 26.8 Å². The molecule has 1 saturated heterocycles. The maximum atomic E-state index is 12.4. The maximum absolute atomic E-state index is 12.4. The van der Waals surface area contributed by atoms with Crippen molar-refractivity contribution < 1.29 is 9.59 Å². The molecule has 1 rings (SSSR count). The van der Waals surface area contributed by atoms with E-state index in [1.165, 1.54) is 4.90 Å². The third-order valence-corrected chi connectivity index (χ3v) is 3.89. The fourth-order valence-corrected chi connectivity index (χ4v) is 2.30. The van der Waals surface area contributed by atoms with Gasteiger partial charge in [0.1, 0.15) is 11.7 Å². The average molecular weight is 287 g/mol. The number of hydrogen-bond donors (Lipinski definition) is 0. The van der Waals surface area contributed by atoms with Crippen LogP contribution < -0.4 is 0 Å². The monoisotopic (exact) mass is 286 g/mol. The number of likely N-dealkylation sites (N-methyl/N-ethyl adjacent to an activating group) is 2. The number of hydrogen-bond acceptors (Lipinski definition) is 2. The smallest absolute Gasteiger partial charge is 0.270 e. The van der Waals surface area contributed by atoms with Crippen molar-refractivity contribution in [3.63, 3.8) is 0 Å². The third-order valence-electron chi connectivity index (χ3n) is 3.36. The highest BCUT2D eigenvalue weighted by atomic mass is 35.5. The first-order chi connectivity index (χ1) is 8.79. The minimum absolute atomic E-state index is 0.0361. The number of halogens is 1. The molecule has 1 heterocycles. The summed E-state index contributed by atoms with van der Waals surface area (Å²) in [6.07, 6.45) is 2.43. The predicted molar refractivity (Wildman–Crippen MR) is 76.8 cm³/mol. The number of nitrogens with zero attached hydrogens (tertiary/aromatic N) is 2. The minimum atomic E-state index is -0.407. The molecular formula is C14H23ClN2O2. The lowest BCUT2D eigenvalue weighted by atomic mass is 9.98. The molecule has 0 spiro atoms. The third kappa shape index (κ3) is 3.50. The largest absolute Gasteiger partial charge is 0.328 e. The molecule has 1 aliphatic rings. The molecule has 19 heavy (non-hydrogen) atoms. The molecule has 108 valence electrons. The second-order valence-corrected chi connectivity index (χ2v) is 5.93. The van der Waals surface area contributed by atoms with E-state index < -0.39 is 6.04 Å². The number of allylic oxidation sites excluding steroid dienone is 1. The predicted octanol–water partition coefficient (Wildman–Crippen LogP) is 2.09. The quantitative estimate of drug-likeness (QED) is 0.586. The first-order valence-corrected chi connectivity index (χ1v) is 7.15. The summed E-state index contributed by atoms with van der Waals surface area (Å²) < 4.78 is 0. The molecular weight excluding hydrogens is 264 g/mol. The van der Waals surface area contributed by atoms with Crippen molar-refractivity contribution in [1.29, 1.82) is 0 Å². The van der Waals surface area contributed by atoms with Crippen LogP contribution in [-0.2, 0) is 9.59 Å². The summed E-state index contributed by atoms with van der Waals surface area (Å²) in [6.45, 7) is 5.96. The van der Waals surface area contributed by atoms with Gasteiger partial charge in [-0.3, -0.25) is 9.59 Å². The van der Waals surface area contributed by atoms with Crippen LogP contribution in [0.15, 0.2) is 11.8 Å². The van der Waals surface area contributed by atoms with Crippen LogP contribution in [0.5, 0.6) is 0 Å². The summed E-state index contributed by atoms with van der Waals surface area (Å²) in [5, 5.41) is 0. The summed E-state index contributed by atoms with van der Waals surface area (Å²) >= 11 is 5.80. The van der Waals surface area contributed by atoms with Gasteiger partial charge in [-0.15, -0.1) is 11.6 Å². The van der Waals surface area contributed by atoms with Gasteiger partial charge in [-0.2, -0.15) is 0 Å². The molecule has 4 nitrogen and oxygen atoms in total. The first kappa shape index (κ1) is 16.0. The highest BCUT2D eigenvalue weighted by Gasteiger charge is 2.39. The molecule has 1 fully saturated rings. The van der Waals surface area contributed by atoms with Gasteiger partial charge in [0, 0.05) is 20.0 Å². The fraction of sp³-hybridized carbons (Fsp3) is 0.714. The van der Waals surface area contributed by atoms with Gasteiger partial charge in [0.15, 0.2) is 0 Å². The molecule has 0 aromatic heterocycles. The van der Waals surface area contributed by atoms with Crippen LogP contribution in [0, 0.1) is 11.8 Å². The molecule has 0 saturated carbocycles. The Labute approximate surface area is 120 Å². The van der Waals surface area contributed by atoms with Crippen LogP contribution in [0.25, 0.3) is 0 Å². The highest BCUT2D eigenvalue weighted by molar-refractivity contribution is 6.18. The Morgan fingerprint density at radius 2 is 1.84 bits per heavy atom. The summed E-state index contributed by atoms with van der Waals surface area (Å²) in [7, 11) is 3.35. The van der Waals surface area contributed by atoms with Crippen LogP contribution in [0.4, 0.5) is 0 Å². The highest BCUT2D eigenvalue weighted by Crippen LogP contribution is 2.24. The minimum Gasteiger partial charge on any atom is -0.328 e. The van der Waals surface area contributed by atoms with Gasteiger partial charge in [-0.1, -0.05) is 26.8 Å². The number of carbonyl (C=O) groups excluding carboxylic acids is 2. The zero-order chi connectivity index (χ0) is 14.7. The molecule has 1 aliphatic heterocycles. The summed E-state index contributed by atoms with van der Waals surface area (Å²) in [5.41, 5.74) is 0.470. The van der Waals surface area contributed by atoms with Gasteiger partial charge in [0.05, 0.1) is 0 Å². The summed E-state index contributed by atoms with van der Waals surface area (Å²) in [4.78, 5) is 27.7. The topological polar surface area (TPSA) is 40.6 Å². The van der Waals surface area contributed by atoms with Gasteiger partial charge in [0.2, 0.25) is 5.91 Å². The number of rotatable bonds is 4. The number of amides is 2. The normalized spacial score (nSPS) is 24.6. The van der Waals surface area contributed by atoms with Gasteiger partial charge < -0.3 is 9.80 Å². The van der Waals surface area contributed by atoms with Crippen LogP contribution in [-0.4, -0.2) is 47.6 Å². The summed E-state index contributed by atoms with van der Waals surface area (Å²) in [6, 6.07) is -0.407. The number of alkyl halides is 1. The van der Waals surface area contributed by atoms with E-state index in [1.54, 1.807) is 19.0 Å². The molecule has 0 unspecified atom stereocenters. The Morgan fingerprint density at radius 1 is 1.26 bits per heavy atom. The fourth-order valence-electron chi connectivity index (χ4n) is 2.18. The van der Waals surface area contributed by atoms with Crippen LogP contribution >= 0.6 is 11.6 Å². The average Bonchev–Trinajstić information content (AvgIpc) is 2.36. The van der Waals surface area contributed by atoms with Gasteiger partial charge >= 0.3 is 0 Å². The lowest BCUT2D eigenvalue weighted by Crippen LogP contribution is -2.56. The van der Waals surface area contributed by atoms with E-state index in [9.17, 15) is 9.59 Å². The lowest BCUT2D eigenvalue weighted by Gasteiger charge is -2.39. The lowest BCUT2D eigenvalue weighted by molar-refractivity contribution is -0.149. The van der Waals surface area contributed by atoms with E-state index in [0.717, 1.165) is 0 Å². The van der Waals surface area contributed by atoms with E-state index >= 15 is 0 Å². The second-order valence-electron chi connectivity index (χ2n) is 5.62. The van der Waals surface area contributed by atoms with Gasteiger partial charge in [-0.25, -0.2) is 0 Å². The van der Waals surface area contributed by atoms with Crippen LogP contribution in [0.1, 0.15) is 27.2 Å². The van der Waals surface area contributed by atoms with E-state index in [-0.39, 0.29) is 23.7 Å². The number of carbonyl (C=O) groups is 2. The first-order valence-electron chi connectivity index (χ1n) is 6.62. The molecule has 0 N–H and O–H groups in total. The van der Waals surface area contributed by atoms with E-state index in [2.05, 4.69) is 0 Å². The van der Waals surface area contributed by atoms with E-state index in [0.29, 0.717) is 18.0 Å². The molecule has 0 radical (unpaired) electrons. The second kappa shape index (κ2) is 6.42.